The molecule has 1 aromatic rings. The number of hydrogen-bond acceptors (Lipinski definition) is 1. The second-order valence-corrected chi connectivity index (χ2v) is 6.73. The standard InChI is InChI=1S/C18H28N2O/c1-14-8-10-16(11-9-14)12-20(3)13-18(21)19-17-7-5-4-6-15(17)2/h8-11,15,17H,4-7,12-13H2,1-3H3,(H,19,21)/p+1/t15-,17+/m0/s1. The van der Waals surface area contributed by atoms with Gasteiger partial charge in [0.15, 0.2) is 6.54 Å². The molecule has 0 aliphatic heterocycles. The van der Waals surface area contributed by atoms with Crippen LogP contribution < -0.4 is 10.2 Å². The van der Waals surface area contributed by atoms with Crippen molar-refractivity contribution in [2.75, 3.05) is 13.6 Å². The van der Waals surface area contributed by atoms with Gasteiger partial charge in [-0.05, 0) is 25.7 Å². The molecule has 1 unspecified atom stereocenters. The average Bonchev–Trinajstić information content (AvgIpc) is 2.44. The SMILES string of the molecule is Cc1ccc(C[NH+](C)CC(=O)N[C@@H]2CCCC[C@@H]2C)cc1. The number of carbonyl (C=O) groups excluding carboxylic acids is 1. The Balaban J connectivity index is 1.77. The van der Waals surface area contributed by atoms with Crippen LogP contribution in [0.3, 0.4) is 0 Å². The lowest BCUT2D eigenvalue weighted by Gasteiger charge is -2.29. The molecule has 1 aromatic carbocycles. The Morgan fingerprint density at radius 3 is 2.57 bits per heavy atom. The van der Waals surface area contributed by atoms with Crippen LogP contribution in [0.25, 0.3) is 0 Å². The van der Waals surface area contributed by atoms with Gasteiger partial charge in [0.1, 0.15) is 6.54 Å². The molecule has 2 N–H and O–H groups in total. The van der Waals surface area contributed by atoms with E-state index in [2.05, 4.69) is 50.5 Å². The Kier molecular flexibility index (Phi) is 5.80. The van der Waals surface area contributed by atoms with Crippen molar-refractivity contribution in [2.45, 2.75) is 52.1 Å². The molecule has 0 radical (unpaired) electrons. The van der Waals surface area contributed by atoms with E-state index in [0.717, 1.165) is 13.0 Å². The van der Waals surface area contributed by atoms with Gasteiger partial charge in [0.2, 0.25) is 0 Å². The number of likely N-dealkylation sites (N-methyl/N-ethyl adjacent to an activating group) is 1. The van der Waals surface area contributed by atoms with Gasteiger partial charge in [0.05, 0.1) is 7.05 Å². The molecular formula is C18H29N2O+. The Labute approximate surface area is 128 Å². The Hall–Kier alpha value is -1.35. The first-order valence-corrected chi connectivity index (χ1v) is 8.21. The van der Waals surface area contributed by atoms with E-state index in [1.807, 2.05) is 0 Å². The minimum absolute atomic E-state index is 0.193. The molecule has 1 saturated carbocycles. The predicted octanol–water partition coefficient (Wildman–Crippen LogP) is 1.70. The first-order chi connectivity index (χ1) is 10.0. The molecule has 0 heterocycles. The molecule has 0 bridgehead atoms. The second kappa shape index (κ2) is 7.60. The summed E-state index contributed by atoms with van der Waals surface area (Å²) in [6.07, 6.45) is 4.95. The van der Waals surface area contributed by atoms with Crippen molar-refractivity contribution >= 4 is 5.91 Å². The van der Waals surface area contributed by atoms with Crippen LogP contribution in [0, 0.1) is 12.8 Å². The molecule has 1 aliphatic carbocycles. The summed E-state index contributed by atoms with van der Waals surface area (Å²) in [6.45, 7) is 5.80. The number of aryl methyl sites for hydroxylation is 1. The first kappa shape index (κ1) is 16.0. The number of quaternary nitrogens is 1. The highest BCUT2D eigenvalue weighted by molar-refractivity contribution is 5.77. The maximum atomic E-state index is 12.2. The van der Waals surface area contributed by atoms with Gasteiger partial charge in [-0.15, -0.1) is 0 Å². The Bertz CT molecular complexity index is 455. The zero-order chi connectivity index (χ0) is 15.2. The number of benzene rings is 1. The number of rotatable bonds is 5. The van der Waals surface area contributed by atoms with Gasteiger partial charge in [0, 0.05) is 11.6 Å². The van der Waals surface area contributed by atoms with Gasteiger partial charge in [-0.2, -0.15) is 0 Å². The van der Waals surface area contributed by atoms with Crippen LogP contribution in [0.4, 0.5) is 0 Å². The number of nitrogens with one attached hydrogen (secondary N) is 2. The van der Waals surface area contributed by atoms with E-state index in [0.29, 0.717) is 18.5 Å². The fourth-order valence-electron chi connectivity index (χ4n) is 3.18. The van der Waals surface area contributed by atoms with Crippen molar-refractivity contribution < 1.29 is 9.69 Å². The number of hydrogen-bond donors (Lipinski definition) is 2. The normalized spacial score (nSPS) is 23.6. The lowest BCUT2D eigenvalue weighted by atomic mass is 9.86. The largest absolute Gasteiger partial charge is 0.348 e. The Morgan fingerprint density at radius 2 is 1.90 bits per heavy atom. The van der Waals surface area contributed by atoms with Gasteiger partial charge >= 0.3 is 0 Å². The summed E-state index contributed by atoms with van der Waals surface area (Å²) in [5.74, 6) is 0.818. The fourth-order valence-corrected chi connectivity index (χ4v) is 3.18. The zero-order valence-electron chi connectivity index (χ0n) is 13.6. The summed E-state index contributed by atoms with van der Waals surface area (Å²) in [6, 6.07) is 8.96. The van der Waals surface area contributed by atoms with E-state index >= 15 is 0 Å². The van der Waals surface area contributed by atoms with Crippen LogP contribution in [0.1, 0.15) is 43.7 Å². The van der Waals surface area contributed by atoms with Gasteiger partial charge in [-0.3, -0.25) is 4.79 Å². The minimum Gasteiger partial charge on any atom is -0.348 e. The quantitative estimate of drug-likeness (QED) is 0.850. The van der Waals surface area contributed by atoms with E-state index in [1.165, 1.54) is 35.3 Å². The molecule has 0 spiro atoms. The summed E-state index contributed by atoms with van der Waals surface area (Å²) in [4.78, 5) is 13.4. The van der Waals surface area contributed by atoms with Crippen LogP contribution >= 0.6 is 0 Å². The van der Waals surface area contributed by atoms with Gasteiger partial charge in [0.25, 0.3) is 5.91 Å². The molecule has 3 nitrogen and oxygen atoms in total. The lowest BCUT2D eigenvalue weighted by Crippen LogP contribution is -3.09. The summed E-state index contributed by atoms with van der Waals surface area (Å²) in [5, 5.41) is 3.23. The topological polar surface area (TPSA) is 33.5 Å². The summed E-state index contributed by atoms with van der Waals surface area (Å²) >= 11 is 0. The third-order valence-electron chi connectivity index (χ3n) is 4.55. The molecule has 3 atom stereocenters. The van der Waals surface area contributed by atoms with Crippen molar-refractivity contribution in [2.24, 2.45) is 5.92 Å². The maximum absolute atomic E-state index is 12.2. The third kappa shape index (κ3) is 5.16. The smallest absolute Gasteiger partial charge is 0.275 e. The predicted molar refractivity (Wildman–Crippen MR) is 86.2 cm³/mol. The van der Waals surface area contributed by atoms with Crippen molar-refractivity contribution in [3.8, 4) is 0 Å². The highest BCUT2D eigenvalue weighted by Gasteiger charge is 2.23. The molecular weight excluding hydrogens is 260 g/mol. The van der Waals surface area contributed by atoms with Crippen molar-refractivity contribution in [3.63, 3.8) is 0 Å². The van der Waals surface area contributed by atoms with E-state index in [4.69, 9.17) is 0 Å². The molecule has 0 aromatic heterocycles. The minimum atomic E-state index is 0.193. The molecule has 1 aliphatic rings. The third-order valence-corrected chi connectivity index (χ3v) is 4.55. The van der Waals surface area contributed by atoms with Crippen LogP contribution in [0.2, 0.25) is 0 Å². The lowest BCUT2D eigenvalue weighted by molar-refractivity contribution is -0.885. The van der Waals surface area contributed by atoms with Crippen LogP contribution in [0.15, 0.2) is 24.3 Å². The van der Waals surface area contributed by atoms with E-state index in [-0.39, 0.29) is 5.91 Å². The highest BCUT2D eigenvalue weighted by Crippen LogP contribution is 2.23. The molecule has 2 rings (SSSR count). The van der Waals surface area contributed by atoms with E-state index < -0.39 is 0 Å². The Morgan fingerprint density at radius 1 is 1.24 bits per heavy atom. The van der Waals surface area contributed by atoms with Crippen LogP contribution in [0.5, 0.6) is 0 Å². The average molecular weight is 289 g/mol. The highest BCUT2D eigenvalue weighted by atomic mass is 16.2. The first-order valence-electron chi connectivity index (χ1n) is 8.21. The number of amides is 1. The van der Waals surface area contributed by atoms with E-state index in [1.54, 1.807) is 0 Å². The molecule has 3 heteroatoms. The molecule has 0 saturated heterocycles. The van der Waals surface area contributed by atoms with Gasteiger partial charge in [-0.25, -0.2) is 0 Å². The summed E-state index contributed by atoms with van der Waals surface area (Å²) < 4.78 is 0. The van der Waals surface area contributed by atoms with Gasteiger partial charge < -0.3 is 10.2 Å². The maximum Gasteiger partial charge on any atom is 0.275 e. The van der Waals surface area contributed by atoms with Crippen LogP contribution in [-0.2, 0) is 11.3 Å². The molecule has 116 valence electrons. The van der Waals surface area contributed by atoms with E-state index in [9.17, 15) is 4.79 Å². The zero-order valence-corrected chi connectivity index (χ0v) is 13.6. The fraction of sp³-hybridized carbons (Fsp3) is 0.611. The summed E-state index contributed by atoms with van der Waals surface area (Å²) in [5.41, 5.74) is 2.57. The second-order valence-electron chi connectivity index (χ2n) is 6.73. The molecule has 1 fully saturated rings. The molecule has 21 heavy (non-hydrogen) atoms. The molecule has 1 amide bonds. The number of carbonyl (C=O) groups is 1. The van der Waals surface area contributed by atoms with Crippen molar-refractivity contribution in [1.29, 1.82) is 0 Å². The van der Waals surface area contributed by atoms with Crippen molar-refractivity contribution in [1.82, 2.24) is 5.32 Å². The van der Waals surface area contributed by atoms with Crippen LogP contribution in [-0.4, -0.2) is 25.5 Å². The van der Waals surface area contributed by atoms with Gasteiger partial charge in [-0.1, -0.05) is 49.6 Å². The monoisotopic (exact) mass is 289 g/mol. The summed E-state index contributed by atoms with van der Waals surface area (Å²) in [7, 11) is 2.09. The van der Waals surface area contributed by atoms with Crippen molar-refractivity contribution in [3.05, 3.63) is 35.4 Å².